The number of halogens is 1. The third-order valence-electron chi connectivity index (χ3n) is 1.43. The highest BCUT2D eigenvalue weighted by atomic mass is 35.5. The molecule has 0 amide bonds. The first-order valence-electron chi connectivity index (χ1n) is 2.87. The lowest BCUT2D eigenvalue weighted by molar-refractivity contribution is -0.140. The van der Waals surface area contributed by atoms with Crippen LogP contribution in [0, 0.1) is 5.92 Å². The van der Waals surface area contributed by atoms with Crippen molar-refractivity contribution in [2.45, 2.75) is 12.5 Å². The van der Waals surface area contributed by atoms with Gasteiger partial charge in [0.15, 0.2) is 0 Å². The SMILES string of the molecule is Cl.N[C@H]1C=C[C@@H](C(=O)O)C1. The molecule has 0 heterocycles. The fourth-order valence-electron chi connectivity index (χ4n) is 0.910. The van der Waals surface area contributed by atoms with Crippen molar-refractivity contribution < 1.29 is 9.90 Å². The number of carboxylic acid groups (broad SMARTS) is 1. The summed E-state index contributed by atoms with van der Waals surface area (Å²) in [5, 5.41) is 8.42. The Hall–Kier alpha value is -0.540. The van der Waals surface area contributed by atoms with Crippen LogP contribution in [-0.2, 0) is 4.79 Å². The molecule has 10 heavy (non-hydrogen) atoms. The van der Waals surface area contributed by atoms with Gasteiger partial charge in [0, 0.05) is 6.04 Å². The van der Waals surface area contributed by atoms with Gasteiger partial charge < -0.3 is 10.8 Å². The van der Waals surface area contributed by atoms with Gasteiger partial charge in [0.05, 0.1) is 5.92 Å². The molecule has 1 rings (SSSR count). The molecular formula is C6H10ClNO2. The minimum atomic E-state index is -0.779. The van der Waals surface area contributed by atoms with Gasteiger partial charge in [0.2, 0.25) is 0 Å². The Morgan fingerprint density at radius 1 is 1.60 bits per heavy atom. The Morgan fingerprint density at radius 3 is 2.40 bits per heavy atom. The maximum Gasteiger partial charge on any atom is 0.310 e. The van der Waals surface area contributed by atoms with Crippen molar-refractivity contribution in [2.75, 3.05) is 0 Å². The quantitative estimate of drug-likeness (QED) is 0.550. The second kappa shape index (κ2) is 3.58. The minimum absolute atomic E-state index is 0. The lowest BCUT2D eigenvalue weighted by Crippen LogP contribution is -2.18. The molecule has 3 nitrogen and oxygen atoms in total. The zero-order valence-corrected chi connectivity index (χ0v) is 6.17. The van der Waals surface area contributed by atoms with Crippen LogP contribution in [0.1, 0.15) is 6.42 Å². The molecule has 1 aliphatic carbocycles. The van der Waals surface area contributed by atoms with E-state index in [1.54, 1.807) is 12.2 Å². The number of carboxylic acids is 1. The fraction of sp³-hybridized carbons (Fsp3) is 0.500. The van der Waals surface area contributed by atoms with Crippen molar-refractivity contribution in [1.29, 1.82) is 0 Å². The zero-order chi connectivity index (χ0) is 6.85. The maximum atomic E-state index is 10.2. The Morgan fingerprint density at radius 2 is 2.20 bits per heavy atom. The molecule has 2 atom stereocenters. The number of carbonyl (C=O) groups is 1. The van der Waals surface area contributed by atoms with E-state index in [1.165, 1.54) is 0 Å². The van der Waals surface area contributed by atoms with Crippen LogP contribution in [0.3, 0.4) is 0 Å². The van der Waals surface area contributed by atoms with Crippen LogP contribution in [0.25, 0.3) is 0 Å². The Balaban J connectivity index is 0.000000810. The first-order valence-corrected chi connectivity index (χ1v) is 2.87. The van der Waals surface area contributed by atoms with Crippen LogP contribution < -0.4 is 5.73 Å². The predicted octanol–water partition coefficient (Wildman–Crippen LogP) is 0.396. The fourth-order valence-corrected chi connectivity index (χ4v) is 0.910. The smallest absolute Gasteiger partial charge is 0.310 e. The van der Waals surface area contributed by atoms with Crippen LogP contribution in [0.4, 0.5) is 0 Å². The van der Waals surface area contributed by atoms with E-state index in [1.807, 2.05) is 0 Å². The van der Waals surface area contributed by atoms with E-state index in [2.05, 4.69) is 0 Å². The van der Waals surface area contributed by atoms with Crippen molar-refractivity contribution in [3.05, 3.63) is 12.2 Å². The topological polar surface area (TPSA) is 63.3 Å². The average Bonchev–Trinajstić information content (AvgIpc) is 2.14. The molecule has 0 aromatic rings. The van der Waals surface area contributed by atoms with Gasteiger partial charge in [0.1, 0.15) is 0 Å². The summed E-state index contributed by atoms with van der Waals surface area (Å²) in [6.45, 7) is 0. The van der Waals surface area contributed by atoms with Gasteiger partial charge in [-0.3, -0.25) is 4.79 Å². The number of hydrogen-bond donors (Lipinski definition) is 2. The van der Waals surface area contributed by atoms with E-state index in [4.69, 9.17) is 10.8 Å². The highest BCUT2D eigenvalue weighted by Gasteiger charge is 2.21. The van der Waals surface area contributed by atoms with E-state index in [9.17, 15) is 4.79 Å². The summed E-state index contributed by atoms with van der Waals surface area (Å²) in [4.78, 5) is 10.2. The second-order valence-corrected chi connectivity index (χ2v) is 2.23. The molecule has 3 N–H and O–H groups in total. The molecule has 0 fully saturated rings. The first kappa shape index (κ1) is 9.46. The summed E-state index contributed by atoms with van der Waals surface area (Å²) in [5.41, 5.74) is 5.41. The Kier molecular flexibility index (Phi) is 3.39. The molecule has 0 unspecified atom stereocenters. The second-order valence-electron chi connectivity index (χ2n) is 2.23. The Bertz CT molecular complexity index is 158. The molecule has 4 heteroatoms. The number of nitrogens with two attached hydrogens (primary N) is 1. The molecule has 0 saturated carbocycles. The highest BCUT2D eigenvalue weighted by molar-refractivity contribution is 5.85. The van der Waals surface area contributed by atoms with E-state index in [0.29, 0.717) is 6.42 Å². The van der Waals surface area contributed by atoms with E-state index < -0.39 is 5.97 Å². The summed E-state index contributed by atoms with van der Waals surface area (Å²) in [7, 11) is 0. The third kappa shape index (κ3) is 2.01. The van der Waals surface area contributed by atoms with Crippen LogP contribution in [0.2, 0.25) is 0 Å². The van der Waals surface area contributed by atoms with Gasteiger partial charge in [-0.2, -0.15) is 0 Å². The average molecular weight is 164 g/mol. The summed E-state index contributed by atoms with van der Waals surface area (Å²) < 4.78 is 0. The van der Waals surface area contributed by atoms with E-state index in [0.717, 1.165) is 0 Å². The zero-order valence-electron chi connectivity index (χ0n) is 5.36. The number of aliphatic carboxylic acids is 1. The van der Waals surface area contributed by atoms with Crippen molar-refractivity contribution in [2.24, 2.45) is 11.7 Å². The van der Waals surface area contributed by atoms with Crippen LogP contribution >= 0.6 is 12.4 Å². The molecule has 0 radical (unpaired) electrons. The summed E-state index contributed by atoms with van der Waals surface area (Å²) in [6.07, 6.45) is 3.93. The largest absolute Gasteiger partial charge is 0.481 e. The van der Waals surface area contributed by atoms with Crippen molar-refractivity contribution in [1.82, 2.24) is 0 Å². The third-order valence-corrected chi connectivity index (χ3v) is 1.43. The normalized spacial score (nSPS) is 29.7. The minimum Gasteiger partial charge on any atom is -0.481 e. The predicted molar refractivity (Wildman–Crippen MR) is 40.1 cm³/mol. The van der Waals surface area contributed by atoms with Crippen LogP contribution in [0.15, 0.2) is 12.2 Å². The number of hydrogen-bond acceptors (Lipinski definition) is 2. The van der Waals surface area contributed by atoms with Crippen molar-refractivity contribution >= 4 is 18.4 Å². The summed E-state index contributed by atoms with van der Waals surface area (Å²) in [6, 6.07) is -0.0499. The first-order chi connectivity index (χ1) is 4.20. The molecule has 0 bridgehead atoms. The summed E-state index contributed by atoms with van der Waals surface area (Å²) >= 11 is 0. The maximum absolute atomic E-state index is 10.2. The highest BCUT2D eigenvalue weighted by Crippen LogP contribution is 2.15. The van der Waals surface area contributed by atoms with Crippen LogP contribution in [0.5, 0.6) is 0 Å². The van der Waals surface area contributed by atoms with Gasteiger partial charge in [-0.1, -0.05) is 12.2 Å². The molecule has 0 aromatic carbocycles. The van der Waals surface area contributed by atoms with Gasteiger partial charge in [-0.15, -0.1) is 12.4 Å². The standard InChI is InChI=1S/C6H9NO2.ClH/c7-5-2-1-4(3-5)6(8)9;/h1-2,4-5H,3,7H2,(H,8,9);1H/t4-,5+;/m1./s1. The lowest BCUT2D eigenvalue weighted by Gasteiger charge is -2.00. The van der Waals surface area contributed by atoms with Crippen molar-refractivity contribution in [3.63, 3.8) is 0 Å². The van der Waals surface area contributed by atoms with E-state index in [-0.39, 0.29) is 24.4 Å². The van der Waals surface area contributed by atoms with Gasteiger partial charge in [-0.05, 0) is 6.42 Å². The van der Waals surface area contributed by atoms with Gasteiger partial charge >= 0.3 is 5.97 Å². The molecular weight excluding hydrogens is 154 g/mol. The molecule has 0 aliphatic heterocycles. The van der Waals surface area contributed by atoms with Crippen LogP contribution in [-0.4, -0.2) is 17.1 Å². The molecule has 0 aromatic heterocycles. The summed E-state index contributed by atoms with van der Waals surface area (Å²) in [5.74, 6) is -1.13. The molecule has 58 valence electrons. The van der Waals surface area contributed by atoms with E-state index >= 15 is 0 Å². The Labute approximate surface area is 65.3 Å². The monoisotopic (exact) mass is 163 g/mol. The molecule has 1 aliphatic rings. The van der Waals surface area contributed by atoms with Crippen molar-refractivity contribution in [3.8, 4) is 0 Å². The number of rotatable bonds is 1. The molecule has 0 saturated heterocycles. The van der Waals surface area contributed by atoms with Gasteiger partial charge in [-0.25, -0.2) is 0 Å². The van der Waals surface area contributed by atoms with Gasteiger partial charge in [0.25, 0.3) is 0 Å². The molecule has 0 spiro atoms. The lowest BCUT2D eigenvalue weighted by atomic mass is 10.1.